The van der Waals surface area contributed by atoms with Gasteiger partial charge in [0, 0.05) is 37.4 Å². The maximum Gasteiger partial charge on any atom is 0.431 e. The van der Waals surface area contributed by atoms with E-state index in [4.69, 9.17) is 0 Å². The van der Waals surface area contributed by atoms with Gasteiger partial charge in [0.1, 0.15) is 5.69 Å². The smallest absolute Gasteiger partial charge is 0.431 e. The van der Waals surface area contributed by atoms with E-state index in [-0.39, 0.29) is 31.4 Å². The average molecular weight is 779 g/mol. The summed E-state index contributed by atoms with van der Waals surface area (Å²) in [6.07, 6.45) is -0.766. The first-order chi connectivity index (χ1) is 20.5. The van der Waals surface area contributed by atoms with Crippen LogP contribution in [0.3, 0.4) is 0 Å². The van der Waals surface area contributed by atoms with Crippen LogP contribution in [0.2, 0.25) is 0 Å². The number of hydrogen-bond acceptors (Lipinski definition) is 5. The van der Waals surface area contributed by atoms with Crippen molar-refractivity contribution in [2.75, 3.05) is 11.9 Å². The molecule has 0 aliphatic carbocycles. The Hall–Kier alpha value is -4.41. The first kappa shape index (κ1) is 32.5. The molecule has 44 heavy (non-hydrogen) atoms. The van der Waals surface area contributed by atoms with Gasteiger partial charge in [0.2, 0.25) is 0 Å². The van der Waals surface area contributed by atoms with Crippen molar-refractivity contribution in [1.29, 1.82) is 0 Å². The molecule has 0 bridgehead atoms. The fourth-order valence-electron chi connectivity index (χ4n) is 4.08. The summed E-state index contributed by atoms with van der Waals surface area (Å²) in [5, 5.41) is 6.71. The van der Waals surface area contributed by atoms with Crippen LogP contribution in [0, 0.1) is 44.3 Å². The van der Waals surface area contributed by atoms with Gasteiger partial charge >= 0.3 is 6.18 Å². The second kappa shape index (κ2) is 13.5. The van der Waals surface area contributed by atoms with Gasteiger partial charge in [-0.2, -0.15) is 13.2 Å². The van der Waals surface area contributed by atoms with E-state index < -0.39 is 23.5 Å². The van der Waals surface area contributed by atoms with Gasteiger partial charge in [-0.05, 0) is 56.0 Å². The molecule has 1 aliphatic rings. The largest absolute Gasteiger partial charge is 0.573 e. The van der Waals surface area contributed by atoms with Crippen LogP contribution in [-0.4, -0.2) is 27.0 Å². The summed E-state index contributed by atoms with van der Waals surface area (Å²) in [5.74, 6) is -0.651. The van der Waals surface area contributed by atoms with E-state index in [2.05, 4.69) is 32.3 Å². The SMILES string of the molecule is Cc1c[c-]c(-c2cccc(-c3cc(C(F)(F)F)n[n-]3)n2)cc1.Cc1cc(-c2[c-]cc(F)cc2F)nc(N2C=CN(C)[CH-]2)c1.[Ir]. The summed E-state index contributed by atoms with van der Waals surface area (Å²) in [6.45, 7) is 5.71. The summed E-state index contributed by atoms with van der Waals surface area (Å²) in [5.41, 5.74) is 3.40. The standard InChI is InChI=1S/C16H10F3N3.C16H13F2N3.Ir/c1-10-5-7-11(8-6-10)12-3-2-4-13(20-12)14-9-15(22-21-14)16(17,18)19;1-11-7-15(13-4-3-12(17)9-14(13)18)19-16(8-11)21-6-5-20(2)10-21;/h2-7,9H,1H3;3,5-10H,1-2H3;/q2*-2;. The van der Waals surface area contributed by atoms with Gasteiger partial charge in [0.05, 0.1) is 5.82 Å². The Morgan fingerprint density at radius 1 is 0.841 bits per heavy atom. The molecule has 4 heterocycles. The maximum atomic E-state index is 13.9. The summed E-state index contributed by atoms with van der Waals surface area (Å²) in [6, 6.07) is 22.9. The van der Waals surface area contributed by atoms with Crippen molar-refractivity contribution in [3.63, 3.8) is 0 Å². The van der Waals surface area contributed by atoms with E-state index in [0.717, 1.165) is 34.9 Å². The van der Waals surface area contributed by atoms with Crippen LogP contribution in [-0.2, 0) is 26.3 Å². The molecule has 0 spiro atoms. The Morgan fingerprint density at radius 3 is 2.25 bits per heavy atom. The molecule has 0 N–H and O–H groups in total. The van der Waals surface area contributed by atoms with E-state index in [1.54, 1.807) is 24.3 Å². The number of hydrogen-bond donors (Lipinski definition) is 0. The second-order valence-corrected chi connectivity index (χ2v) is 9.72. The van der Waals surface area contributed by atoms with Gasteiger partial charge in [-0.15, -0.1) is 54.2 Å². The number of alkyl halides is 3. The van der Waals surface area contributed by atoms with E-state index in [1.165, 1.54) is 0 Å². The monoisotopic (exact) mass is 779 g/mol. The maximum absolute atomic E-state index is 13.9. The van der Waals surface area contributed by atoms with Crippen LogP contribution in [0.5, 0.6) is 0 Å². The number of nitrogens with zero attached hydrogens (tertiary/aromatic N) is 6. The van der Waals surface area contributed by atoms with Crippen LogP contribution >= 0.6 is 0 Å². The Balaban J connectivity index is 0.000000197. The quantitative estimate of drug-likeness (QED) is 0.140. The minimum Gasteiger partial charge on any atom is -0.573 e. The molecule has 1 aliphatic heterocycles. The van der Waals surface area contributed by atoms with Crippen molar-refractivity contribution in [3.05, 3.63) is 126 Å². The van der Waals surface area contributed by atoms with Crippen molar-refractivity contribution in [3.8, 4) is 33.9 Å². The van der Waals surface area contributed by atoms with E-state index in [0.29, 0.717) is 22.9 Å². The molecule has 6 nitrogen and oxygen atoms in total. The summed E-state index contributed by atoms with van der Waals surface area (Å²) in [4.78, 5) is 12.5. The molecular formula is C32H23F5IrN6-4. The minimum absolute atomic E-state index is 0. The van der Waals surface area contributed by atoms with Gasteiger partial charge in [-0.1, -0.05) is 48.0 Å². The molecule has 6 rings (SSSR count). The third-order valence-corrected chi connectivity index (χ3v) is 6.19. The number of halogens is 5. The van der Waals surface area contributed by atoms with Gasteiger partial charge in [0.25, 0.3) is 0 Å². The Kier molecular flexibility index (Phi) is 9.96. The van der Waals surface area contributed by atoms with Crippen molar-refractivity contribution < 1.29 is 42.1 Å². The minimum atomic E-state index is -4.51. The van der Waals surface area contributed by atoms with Crippen molar-refractivity contribution >= 4 is 5.82 Å². The molecule has 2 aromatic carbocycles. The molecule has 5 aromatic rings. The molecule has 0 saturated heterocycles. The predicted octanol–water partition coefficient (Wildman–Crippen LogP) is 7.37. The van der Waals surface area contributed by atoms with Gasteiger partial charge in [-0.25, -0.2) is 0 Å². The topological polar surface area (TPSA) is 59.3 Å². The summed E-state index contributed by atoms with van der Waals surface area (Å²) < 4.78 is 64.6. The molecule has 229 valence electrons. The van der Waals surface area contributed by atoms with Gasteiger partial charge < -0.3 is 20.0 Å². The fraction of sp³-hybridized carbons (Fsp3) is 0.125. The van der Waals surface area contributed by atoms with Crippen LogP contribution < -0.4 is 10.00 Å². The number of rotatable bonds is 4. The van der Waals surface area contributed by atoms with Crippen molar-refractivity contribution in [2.45, 2.75) is 20.0 Å². The first-order valence-electron chi connectivity index (χ1n) is 12.9. The molecule has 0 amide bonds. The van der Waals surface area contributed by atoms with Gasteiger partial charge in [-0.3, -0.25) is 18.7 Å². The predicted molar refractivity (Wildman–Crippen MR) is 152 cm³/mol. The van der Waals surface area contributed by atoms with Crippen LogP contribution in [0.25, 0.3) is 33.9 Å². The summed E-state index contributed by atoms with van der Waals surface area (Å²) >= 11 is 0. The Bertz CT molecular complexity index is 1770. The first-order valence-corrected chi connectivity index (χ1v) is 12.9. The van der Waals surface area contributed by atoms with E-state index >= 15 is 0 Å². The normalized spacial score (nSPS) is 12.5. The third kappa shape index (κ3) is 7.75. The number of benzene rings is 2. The zero-order valence-corrected chi connectivity index (χ0v) is 25.9. The van der Waals surface area contributed by atoms with Crippen LogP contribution in [0.4, 0.5) is 27.8 Å². The van der Waals surface area contributed by atoms with Crippen LogP contribution in [0.15, 0.2) is 79.1 Å². The molecule has 0 fully saturated rings. The molecule has 0 saturated carbocycles. The van der Waals surface area contributed by atoms with Crippen molar-refractivity contribution in [1.82, 2.24) is 25.1 Å². The average Bonchev–Trinajstić information content (AvgIpc) is 3.64. The molecule has 0 unspecified atom stereocenters. The third-order valence-electron chi connectivity index (χ3n) is 6.19. The second-order valence-electron chi connectivity index (χ2n) is 9.72. The summed E-state index contributed by atoms with van der Waals surface area (Å²) in [7, 11) is 1.90. The zero-order valence-electron chi connectivity index (χ0n) is 23.5. The Morgan fingerprint density at radius 2 is 1.61 bits per heavy atom. The number of pyridine rings is 2. The molecule has 1 radical (unpaired) electrons. The van der Waals surface area contributed by atoms with Crippen molar-refractivity contribution in [2.24, 2.45) is 0 Å². The zero-order chi connectivity index (χ0) is 30.7. The van der Waals surface area contributed by atoms with Gasteiger partial charge in [0.15, 0.2) is 0 Å². The molecule has 12 heteroatoms. The van der Waals surface area contributed by atoms with Crippen LogP contribution in [0.1, 0.15) is 16.8 Å². The number of aromatic nitrogens is 4. The van der Waals surface area contributed by atoms with E-state index in [9.17, 15) is 22.0 Å². The number of aryl methyl sites for hydroxylation is 2. The fourth-order valence-corrected chi connectivity index (χ4v) is 4.08. The Labute approximate surface area is 264 Å². The molecular weight excluding hydrogens is 756 g/mol. The molecule has 3 aromatic heterocycles. The molecule has 0 atom stereocenters. The number of anilines is 1. The van der Waals surface area contributed by atoms with E-state index in [1.807, 2.05) is 74.0 Å².